The Bertz CT molecular complexity index is 764. The van der Waals surface area contributed by atoms with Gasteiger partial charge >= 0.3 is 0 Å². The number of carbonyl (C=O) groups is 2. The molecule has 0 N–H and O–H groups in total. The fraction of sp³-hybridized carbons (Fsp3) is 0.316. The molecule has 2 aromatic rings. The van der Waals surface area contributed by atoms with E-state index in [1.807, 2.05) is 37.3 Å². The summed E-state index contributed by atoms with van der Waals surface area (Å²) >= 11 is 0. The number of amides is 2. The van der Waals surface area contributed by atoms with E-state index in [2.05, 4.69) is 4.98 Å². The van der Waals surface area contributed by atoms with Gasteiger partial charge < -0.3 is 14.5 Å². The van der Waals surface area contributed by atoms with Gasteiger partial charge in [0, 0.05) is 25.5 Å². The molecule has 3 rings (SSSR count). The van der Waals surface area contributed by atoms with Crippen molar-refractivity contribution in [1.29, 1.82) is 0 Å². The first-order valence-electron chi connectivity index (χ1n) is 8.35. The van der Waals surface area contributed by atoms with Crippen LogP contribution < -0.4 is 9.64 Å². The number of aromatic nitrogens is 1. The molecule has 0 spiro atoms. The number of likely N-dealkylation sites (N-methyl/N-ethyl adjacent to an activating group) is 1. The minimum Gasteiger partial charge on any atom is -0.477 e. The summed E-state index contributed by atoms with van der Waals surface area (Å²) < 4.78 is 5.43. The SMILES string of the molecule is CCOc1ncccc1C(=O)N(C)C1CCN(c2ccccc2)C1=O. The Labute approximate surface area is 147 Å². The lowest BCUT2D eigenvalue weighted by Gasteiger charge is -2.24. The fourth-order valence-corrected chi connectivity index (χ4v) is 3.03. The second-order valence-electron chi connectivity index (χ2n) is 5.84. The van der Waals surface area contributed by atoms with Gasteiger partial charge in [0.05, 0.1) is 6.61 Å². The van der Waals surface area contributed by atoms with Gasteiger partial charge in [0.15, 0.2) is 0 Å². The Hall–Kier alpha value is -2.89. The monoisotopic (exact) mass is 339 g/mol. The quantitative estimate of drug-likeness (QED) is 0.839. The average Bonchev–Trinajstić information content (AvgIpc) is 3.03. The van der Waals surface area contributed by atoms with Gasteiger partial charge in [0.2, 0.25) is 11.8 Å². The van der Waals surface area contributed by atoms with Crippen molar-refractivity contribution in [1.82, 2.24) is 9.88 Å². The molecule has 1 aliphatic heterocycles. The Balaban J connectivity index is 1.79. The number of hydrogen-bond acceptors (Lipinski definition) is 4. The predicted octanol–water partition coefficient (Wildman–Crippen LogP) is 2.36. The van der Waals surface area contributed by atoms with Gasteiger partial charge in [0.1, 0.15) is 11.6 Å². The molecule has 1 unspecified atom stereocenters. The van der Waals surface area contributed by atoms with Gasteiger partial charge in [-0.05, 0) is 37.6 Å². The highest BCUT2D eigenvalue weighted by molar-refractivity contribution is 6.04. The summed E-state index contributed by atoms with van der Waals surface area (Å²) in [5.41, 5.74) is 1.23. The topological polar surface area (TPSA) is 62.7 Å². The lowest BCUT2D eigenvalue weighted by molar-refractivity contribution is -0.120. The van der Waals surface area contributed by atoms with Crippen LogP contribution >= 0.6 is 0 Å². The molecule has 2 amide bonds. The van der Waals surface area contributed by atoms with Crippen molar-refractivity contribution in [2.75, 3.05) is 25.1 Å². The molecule has 1 aromatic heterocycles. The summed E-state index contributed by atoms with van der Waals surface area (Å²) in [5.74, 6) is -0.0269. The van der Waals surface area contributed by atoms with Crippen LogP contribution in [-0.4, -0.2) is 47.9 Å². The number of nitrogens with zero attached hydrogens (tertiary/aromatic N) is 3. The van der Waals surface area contributed by atoms with Crippen LogP contribution in [-0.2, 0) is 4.79 Å². The highest BCUT2D eigenvalue weighted by atomic mass is 16.5. The van der Waals surface area contributed by atoms with Crippen LogP contribution in [0.15, 0.2) is 48.7 Å². The Morgan fingerprint density at radius 3 is 2.76 bits per heavy atom. The second kappa shape index (κ2) is 7.34. The summed E-state index contributed by atoms with van der Waals surface area (Å²) in [7, 11) is 1.65. The van der Waals surface area contributed by atoms with Gasteiger partial charge in [-0.1, -0.05) is 18.2 Å². The number of benzene rings is 1. The van der Waals surface area contributed by atoms with Gasteiger partial charge in [-0.15, -0.1) is 0 Å². The summed E-state index contributed by atoms with van der Waals surface area (Å²) in [6, 6.07) is 12.4. The Morgan fingerprint density at radius 1 is 1.28 bits per heavy atom. The highest BCUT2D eigenvalue weighted by Gasteiger charge is 2.37. The summed E-state index contributed by atoms with van der Waals surface area (Å²) in [4.78, 5) is 33.0. The van der Waals surface area contributed by atoms with E-state index >= 15 is 0 Å². The third-order valence-corrected chi connectivity index (χ3v) is 4.32. The zero-order valence-electron chi connectivity index (χ0n) is 14.4. The van der Waals surface area contributed by atoms with Crippen molar-refractivity contribution in [3.05, 3.63) is 54.2 Å². The highest BCUT2D eigenvalue weighted by Crippen LogP contribution is 2.25. The largest absolute Gasteiger partial charge is 0.477 e. The summed E-state index contributed by atoms with van der Waals surface area (Å²) in [6.07, 6.45) is 2.18. The molecule has 6 heteroatoms. The fourth-order valence-electron chi connectivity index (χ4n) is 3.03. The zero-order valence-corrected chi connectivity index (χ0v) is 14.4. The average molecular weight is 339 g/mol. The minimum atomic E-state index is -0.484. The van der Waals surface area contributed by atoms with Crippen LogP contribution in [0, 0.1) is 0 Å². The van der Waals surface area contributed by atoms with Gasteiger partial charge in [-0.2, -0.15) is 0 Å². The van der Waals surface area contributed by atoms with E-state index in [1.165, 1.54) is 4.90 Å². The van der Waals surface area contributed by atoms with E-state index in [9.17, 15) is 9.59 Å². The number of hydrogen-bond donors (Lipinski definition) is 0. The number of ether oxygens (including phenoxy) is 1. The van der Waals surface area contributed by atoms with Crippen molar-refractivity contribution in [3.8, 4) is 5.88 Å². The number of carbonyl (C=O) groups excluding carboxylic acids is 2. The zero-order chi connectivity index (χ0) is 17.8. The molecule has 6 nitrogen and oxygen atoms in total. The molecule has 1 aliphatic rings. The van der Waals surface area contributed by atoms with Crippen molar-refractivity contribution < 1.29 is 14.3 Å². The first-order chi connectivity index (χ1) is 12.1. The first kappa shape index (κ1) is 17.0. The first-order valence-corrected chi connectivity index (χ1v) is 8.35. The van der Waals surface area contributed by atoms with Gasteiger partial charge in [-0.3, -0.25) is 9.59 Å². The predicted molar refractivity (Wildman–Crippen MR) is 94.7 cm³/mol. The van der Waals surface area contributed by atoms with Crippen LogP contribution in [0.2, 0.25) is 0 Å². The lowest BCUT2D eigenvalue weighted by atomic mass is 10.1. The maximum atomic E-state index is 12.9. The number of rotatable bonds is 5. The van der Waals surface area contributed by atoms with E-state index in [4.69, 9.17) is 4.74 Å². The van der Waals surface area contributed by atoms with Gasteiger partial charge in [-0.25, -0.2) is 4.98 Å². The molecule has 0 radical (unpaired) electrons. The van der Waals surface area contributed by atoms with Crippen LogP contribution in [0.4, 0.5) is 5.69 Å². The van der Waals surface area contributed by atoms with E-state index in [1.54, 1.807) is 30.3 Å². The Kier molecular flexibility index (Phi) is 4.97. The molecule has 1 fully saturated rings. The van der Waals surface area contributed by atoms with Crippen molar-refractivity contribution in [2.24, 2.45) is 0 Å². The van der Waals surface area contributed by atoms with E-state index < -0.39 is 6.04 Å². The van der Waals surface area contributed by atoms with Crippen LogP contribution in [0.1, 0.15) is 23.7 Å². The maximum Gasteiger partial charge on any atom is 0.259 e. The lowest BCUT2D eigenvalue weighted by Crippen LogP contribution is -2.43. The van der Waals surface area contributed by atoms with Crippen LogP contribution in [0.5, 0.6) is 5.88 Å². The van der Waals surface area contributed by atoms with Gasteiger partial charge in [0.25, 0.3) is 5.91 Å². The molecule has 0 bridgehead atoms. The van der Waals surface area contributed by atoms with E-state index in [-0.39, 0.29) is 11.8 Å². The van der Waals surface area contributed by atoms with E-state index in [0.717, 1.165) is 5.69 Å². The molecule has 25 heavy (non-hydrogen) atoms. The molecule has 1 aromatic carbocycles. The van der Waals surface area contributed by atoms with Crippen LogP contribution in [0.3, 0.4) is 0 Å². The molecular formula is C19H21N3O3. The normalized spacial score (nSPS) is 16.8. The number of anilines is 1. The third kappa shape index (κ3) is 3.33. The van der Waals surface area contributed by atoms with Crippen molar-refractivity contribution >= 4 is 17.5 Å². The number of para-hydroxylation sites is 1. The molecule has 0 aliphatic carbocycles. The van der Waals surface area contributed by atoms with E-state index in [0.29, 0.717) is 31.0 Å². The van der Waals surface area contributed by atoms with Crippen LogP contribution in [0.25, 0.3) is 0 Å². The van der Waals surface area contributed by atoms with Crippen molar-refractivity contribution in [3.63, 3.8) is 0 Å². The standard InChI is InChI=1S/C19H21N3O3/c1-3-25-17-15(10-7-12-20-17)18(23)21(2)16-11-13-22(19(16)24)14-8-5-4-6-9-14/h4-10,12,16H,3,11,13H2,1-2H3. The second-order valence-corrected chi connectivity index (χ2v) is 5.84. The molecule has 130 valence electrons. The molecule has 0 saturated carbocycles. The third-order valence-electron chi connectivity index (χ3n) is 4.32. The maximum absolute atomic E-state index is 12.9. The number of pyridine rings is 1. The van der Waals surface area contributed by atoms with Crippen molar-refractivity contribution in [2.45, 2.75) is 19.4 Å². The molecule has 2 heterocycles. The summed E-state index contributed by atoms with van der Waals surface area (Å²) in [6.45, 7) is 2.85. The Morgan fingerprint density at radius 2 is 2.04 bits per heavy atom. The molecule has 1 atom stereocenters. The smallest absolute Gasteiger partial charge is 0.259 e. The molecular weight excluding hydrogens is 318 g/mol. The molecule has 1 saturated heterocycles. The minimum absolute atomic E-state index is 0.0658. The summed E-state index contributed by atoms with van der Waals surface area (Å²) in [5, 5.41) is 0.